The Kier molecular flexibility index (Phi) is 17.7. The summed E-state index contributed by atoms with van der Waals surface area (Å²) in [5, 5.41) is 0. The van der Waals surface area contributed by atoms with Crippen molar-refractivity contribution in [2.45, 2.75) is 91.7 Å². The Hall–Kier alpha value is 0.0569. The molecule has 0 heterocycles. The van der Waals surface area contributed by atoms with Gasteiger partial charge in [0.15, 0.2) is 9.76 Å². The summed E-state index contributed by atoms with van der Waals surface area (Å²) in [7, 11) is 6.41. The molecule has 0 rings (SSSR count). The van der Waals surface area contributed by atoms with E-state index < -0.39 is 0 Å². The molecule has 0 aliphatic carbocycles. The minimum Gasteiger partial charge on any atom is -0.422 e. The van der Waals surface area contributed by atoms with E-state index in [1.54, 1.807) is 0 Å². The van der Waals surface area contributed by atoms with E-state index in [2.05, 4.69) is 70.5 Å². The molecule has 0 amide bonds. The molecular formula is C24H55N3OSi. The standard InChI is InChI=1S/C24H55N3OSi/c1-9-25(6)19-12-15-24(16-13-20-26(7)10-2,17-14-21-27(8)11-3)18-22-29-28-23(4)5/h23H,9-22,29H2,1-8H3. The molecule has 0 aromatic heterocycles. The third kappa shape index (κ3) is 15.5. The summed E-state index contributed by atoms with van der Waals surface area (Å²) in [6.07, 6.45) is 9.97. The Balaban J connectivity index is 5.00. The van der Waals surface area contributed by atoms with Crippen molar-refractivity contribution in [3.05, 3.63) is 0 Å². The first-order valence-electron chi connectivity index (χ1n) is 12.5. The summed E-state index contributed by atoms with van der Waals surface area (Å²) in [4.78, 5) is 7.41. The van der Waals surface area contributed by atoms with Crippen LogP contribution in [0.5, 0.6) is 0 Å². The van der Waals surface area contributed by atoms with E-state index in [4.69, 9.17) is 4.43 Å². The van der Waals surface area contributed by atoms with Gasteiger partial charge in [0, 0.05) is 6.10 Å². The second-order valence-corrected chi connectivity index (χ2v) is 11.0. The number of nitrogens with zero attached hydrogens (tertiary/aromatic N) is 3. The number of hydrogen-bond acceptors (Lipinski definition) is 4. The van der Waals surface area contributed by atoms with Crippen molar-refractivity contribution in [3.63, 3.8) is 0 Å². The minimum atomic E-state index is -0.377. The SMILES string of the molecule is CCN(C)CCCC(CCCN(C)CC)(CCCN(C)CC)CC[SiH2]OC(C)C. The first-order chi connectivity index (χ1) is 13.8. The molecular weight excluding hydrogens is 374 g/mol. The highest BCUT2D eigenvalue weighted by molar-refractivity contribution is 6.27. The summed E-state index contributed by atoms with van der Waals surface area (Å²) in [6.45, 7) is 18.4. The molecule has 0 fully saturated rings. The van der Waals surface area contributed by atoms with Gasteiger partial charge in [-0.25, -0.2) is 0 Å². The van der Waals surface area contributed by atoms with Crippen LogP contribution in [0.25, 0.3) is 0 Å². The lowest BCUT2D eigenvalue weighted by Crippen LogP contribution is -2.29. The van der Waals surface area contributed by atoms with Crippen molar-refractivity contribution in [1.82, 2.24) is 14.7 Å². The van der Waals surface area contributed by atoms with E-state index in [0.717, 1.165) is 19.6 Å². The van der Waals surface area contributed by atoms with Crippen LogP contribution in [-0.4, -0.2) is 91.0 Å². The van der Waals surface area contributed by atoms with Crippen molar-refractivity contribution >= 4 is 9.76 Å². The predicted molar refractivity (Wildman–Crippen MR) is 134 cm³/mol. The van der Waals surface area contributed by atoms with Gasteiger partial charge >= 0.3 is 0 Å². The zero-order valence-corrected chi connectivity index (χ0v) is 22.8. The molecule has 0 N–H and O–H groups in total. The first-order valence-corrected chi connectivity index (χ1v) is 14.0. The van der Waals surface area contributed by atoms with Crippen molar-refractivity contribution in [3.8, 4) is 0 Å². The molecule has 0 bridgehead atoms. The average Bonchev–Trinajstić information content (AvgIpc) is 2.70. The molecule has 29 heavy (non-hydrogen) atoms. The Bertz CT molecular complexity index is 327. The van der Waals surface area contributed by atoms with E-state index in [9.17, 15) is 0 Å². The topological polar surface area (TPSA) is 19.0 Å². The summed E-state index contributed by atoms with van der Waals surface area (Å²) in [6, 6.07) is 1.34. The van der Waals surface area contributed by atoms with Gasteiger partial charge in [0.2, 0.25) is 0 Å². The molecule has 0 unspecified atom stereocenters. The van der Waals surface area contributed by atoms with Gasteiger partial charge in [0.25, 0.3) is 0 Å². The van der Waals surface area contributed by atoms with Crippen LogP contribution in [0.3, 0.4) is 0 Å². The van der Waals surface area contributed by atoms with Gasteiger partial charge in [0.05, 0.1) is 0 Å². The molecule has 0 radical (unpaired) electrons. The van der Waals surface area contributed by atoms with E-state index in [1.165, 1.54) is 70.6 Å². The quantitative estimate of drug-likeness (QED) is 0.210. The van der Waals surface area contributed by atoms with Gasteiger partial charge < -0.3 is 19.1 Å². The minimum absolute atomic E-state index is 0.377. The number of hydrogen-bond donors (Lipinski definition) is 0. The Labute approximate surface area is 186 Å². The van der Waals surface area contributed by atoms with E-state index in [0.29, 0.717) is 11.5 Å². The van der Waals surface area contributed by atoms with Gasteiger partial charge in [-0.05, 0) is 131 Å². The van der Waals surface area contributed by atoms with Crippen LogP contribution in [0.1, 0.15) is 79.6 Å². The zero-order valence-electron chi connectivity index (χ0n) is 21.4. The molecule has 0 saturated carbocycles. The fourth-order valence-electron chi connectivity index (χ4n) is 4.16. The van der Waals surface area contributed by atoms with Crippen molar-refractivity contribution in [2.24, 2.45) is 5.41 Å². The lowest BCUT2D eigenvalue weighted by molar-refractivity contribution is 0.162. The number of rotatable bonds is 20. The van der Waals surface area contributed by atoms with Gasteiger partial charge in [-0.1, -0.05) is 20.8 Å². The molecule has 0 atom stereocenters. The third-order valence-corrected chi connectivity index (χ3v) is 8.21. The van der Waals surface area contributed by atoms with Crippen LogP contribution in [0.15, 0.2) is 0 Å². The molecule has 5 heteroatoms. The maximum absolute atomic E-state index is 6.03. The smallest absolute Gasteiger partial charge is 0.161 e. The van der Waals surface area contributed by atoms with E-state index >= 15 is 0 Å². The lowest BCUT2D eigenvalue weighted by atomic mass is 9.73. The van der Waals surface area contributed by atoms with Crippen molar-refractivity contribution in [2.75, 3.05) is 60.4 Å². The third-order valence-electron chi connectivity index (χ3n) is 6.66. The summed E-state index contributed by atoms with van der Waals surface area (Å²) >= 11 is 0. The molecule has 4 nitrogen and oxygen atoms in total. The summed E-state index contributed by atoms with van der Waals surface area (Å²) in [5.74, 6) is 0. The van der Waals surface area contributed by atoms with Crippen molar-refractivity contribution < 1.29 is 4.43 Å². The predicted octanol–water partition coefficient (Wildman–Crippen LogP) is 4.49. The van der Waals surface area contributed by atoms with Gasteiger partial charge in [-0.15, -0.1) is 0 Å². The molecule has 0 aromatic rings. The van der Waals surface area contributed by atoms with Gasteiger partial charge in [-0.3, -0.25) is 0 Å². The fourth-order valence-corrected chi connectivity index (χ4v) is 5.69. The van der Waals surface area contributed by atoms with Crippen LogP contribution >= 0.6 is 0 Å². The van der Waals surface area contributed by atoms with Crippen LogP contribution in [0.4, 0.5) is 0 Å². The first kappa shape index (κ1) is 29.1. The monoisotopic (exact) mass is 429 g/mol. The molecule has 0 spiro atoms. The summed E-state index contributed by atoms with van der Waals surface area (Å²) in [5.41, 5.74) is 0.519. The highest BCUT2D eigenvalue weighted by Crippen LogP contribution is 2.40. The van der Waals surface area contributed by atoms with Crippen LogP contribution in [-0.2, 0) is 4.43 Å². The van der Waals surface area contributed by atoms with Gasteiger partial charge in [-0.2, -0.15) is 0 Å². The molecule has 0 saturated heterocycles. The maximum atomic E-state index is 6.03. The Morgan fingerprint density at radius 1 is 0.690 bits per heavy atom. The van der Waals surface area contributed by atoms with Crippen LogP contribution in [0, 0.1) is 5.41 Å². The maximum Gasteiger partial charge on any atom is 0.161 e. The summed E-state index contributed by atoms with van der Waals surface area (Å²) < 4.78 is 6.03. The van der Waals surface area contributed by atoms with Crippen LogP contribution < -0.4 is 0 Å². The normalized spacial score (nSPS) is 13.2. The lowest BCUT2D eigenvalue weighted by Gasteiger charge is -2.36. The highest BCUT2D eigenvalue weighted by Gasteiger charge is 2.29. The largest absolute Gasteiger partial charge is 0.422 e. The second kappa shape index (κ2) is 17.7. The zero-order chi connectivity index (χ0) is 22.1. The fraction of sp³-hybridized carbons (Fsp3) is 1.00. The Morgan fingerprint density at radius 3 is 1.38 bits per heavy atom. The average molecular weight is 430 g/mol. The highest BCUT2D eigenvalue weighted by atomic mass is 28.2. The van der Waals surface area contributed by atoms with E-state index in [-0.39, 0.29) is 9.76 Å². The van der Waals surface area contributed by atoms with Crippen molar-refractivity contribution in [1.29, 1.82) is 0 Å². The molecule has 0 aromatic carbocycles. The van der Waals surface area contributed by atoms with E-state index in [1.807, 2.05) is 0 Å². The van der Waals surface area contributed by atoms with Crippen LogP contribution in [0.2, 0.25) is 6.04 Å². The molecule has 0 aliphatic rings. The Morgan fingerprint density at radius 2 is 1.07 bits per heavy atom. The second-order valence-electron chi connectivity index (χ2n) is 9.52. The van der Waals surface area contributed by atoms with Gasteiger partial charge in [0.1, 0.15) is 0 Å². The molecule has 176 valence electrons. The molecule has 0 aliphatic heterocycles.